The van der Waals surface area contributed by atoms with Crippen molar-refractivity contribution < 1.29 is 0 Å². The highest BCUT2D eigenvalue weighted by Gasteiger charge is 2.12. The lowest BCUT2D eigenvalue weighted by atomic mass is 9.98. The first-order chi connectivity index (χ1) is 9.06. The Kier molecular flexibility index (Phi) is 7.87. The molecule has 0 nitrogen and oxygen atoms in total. The normalized spacial score (nSPS) is 12.7. The molecule has 0 spiro atoms. The predicted molar refractivity (Wildman–Crippen MR) is 87.5 cm³/mol. The van der Waals surface area contributed by atoms with Gasteiger partial charge >= 0.3 is 0 Å². The highest BCUT2D eigenvalue weighted by molar-refractivity contribution is 6.31. The van der Waals surface area contributed by atoms with Crippen LogP contribution < -0.4 is 0 Å². The maximum absolute atomic E-state index is 6.53. The largest absolute Gasteiger partial charge is 0.118 e. The molecule has 0 fully saturated rings. The van der Waals surface area contributed by atoms with Crippen LogP contribution in [0.25, 0.3) is 0 Å². The number of rotatable bonds is 8. The molecule has 0 bridgehead atoms. The van der Waals surface area contributed by atoms with Crippen molar-refractivity contribution >= 4 is 23.2 Å². The van der Waals surface area contributed by atoms with Crippen molar-refractivity contribution in [3.05, 3.63) is 33.8 Å². The van der Waals surface area contributed by atoms with E-state index in [0.29, 0.717) is 0 Å². The zero-order valence-electron chi connectivity index (χ0n) is 12.4. The number of halogens is 2. The molecule has 1 unspecified atom stereocenters. The number of aryl methyl sites for hydroxylation is 2. The van der Waals surface area contributed by atoms with Crippen molar-refractivity contribution in [2.24, 2.45) is 0 Å². The smallest absolute Gasteiger partial charge is 0.0587 e. The van der Waals surface area contributed by atoms with Gasteiger partial charge in [-0.15, -0.1) is 11.6 Å². The van der Waals surface area contributed by atoms with Crippen LogP contribution in [0.1, 0.15) is 73.9 Å². The highest BCUT2D eigenvalue weighted by atomic mass is 35.5. The number of unbranched alkanes of at least 4 members (excludes halogenated alkanes) is 5. The zero-order valence-corrected chi connectivity index (χ0v) is 13.9. The third-order valence-corrected chi connectivity index (χ3v) is 4.56. The molecule has 19 heavy (non-hydrogen) atoms. The Hall–Kier alpha value is -0.200. The summed E-state index contributed by atoms with van der Waals surface area (Å²) in [6, 6.07) is 4.18. The van der Waals surface area contributed by atoms with Gasteiger partial charge < -0.3 is 0 Å². The Morgan fingerprint density at radius 1 is 0.947 bits per heavy atom. The summed E-state index contributed by atoms with van der Waals surface area (Å²) < 4.78 is 0. The molecule has 0 heterocycles. The summed E-state index contributed by atoms with van der Waals surface area (Å²) in [5, 5.41) is 0.965. The molecule has 0 radical (unpaired) electrons. The van der Waals surface area contributed by atoms with E-state index in [9.17, 15) is 0 Å². The van der Waals surface area contributed by atoms with Crippen LogP contribution in [0.5, 0.6) is 0 Å². The van der Waals surface area contributed by atoms with Gasteiger partial charge in [0.05, 0.1) is 5.38 Å². The first-order valence-corrected chi connectivity index (χ1v) is 8.28. The van der Waals surface area contributed by atoms with Gasteiger partial charge in [-0.05, 0) is 43.0 Å². The topological polar surface area (TPSA) is 0 Å². The molecular formula is C17H26Cl2. The van der Waals surface area contributed by atoms with Gasteiger partial charge in [-0.1, -0.05) is 63.1 Å². The monoisotopic (exact) mass is 300 g/mol. The molecule has 0 aliphatic rings. The lowest BCUT2D eigenvalue weighted by Gasteiger charge is -2.14. The Morgan fingerprint density at radius 3 is 2.26 bits per heavy atom. The summed E-state index contributed by atoms with van der Waals surface area (Å²) in [4.78, 5) is 0. The lowest BCUT2D eigenvalue weighted by Crippen LogP contribution is -1.96. The average molecular weight is 301 g/mol. The van der Waals surface area contributed by atoms with Crippen LogP contribution >= 0.6 is 23.2 Å². The van der Waals surface area contributed by atoms with Crippen molar-refractivity contribution in [2.45, 2.75) is 71.1 Å². The summed E-state index contributed by atoms with van der Waals surface area (Å²) in [7, 11) is 0. The Morgan fingerprint density at radius 2 is 1.58 bits per heavy atom. The molecule has 0 aliphatic carbocycles. The van der Waals surface area contributed by atoms with E-state index in [1.165, 1.54) is 49.7 Å². The van der Waals surface area contributed by atoms with E-state index < -0.39 is 0 Å². The number of alkyl halides is 1. The van der Waals surface area contributed by atoms with Crippen LogP contribution in [-0.2, 0) is 0 Å². The van der Waals surface area contributed by atoms with Crippen LogP contribution in [0.4, 0.5) is 0 Å². The molecule has 0 N–H and O–H groups in total. The maximum Gasteiger partial charge on any atom is 0.0587 e. The molecule has 2 heteroatoms. The molecule has 0 amide bonds. The first kappa shape index (κ1) is 16.9. The van der Waals surface area contributed by atoms with Crippen LogP contribution in [0.2, 0.25) is 5.02 Å². The van der Waals surface area contributed by atoms with Gasteiger partial charge in [0.15, 0.2) is 0 Å². The molecule has 0 saturated heterocycles. The van der Waals surface area contributed by atoms with E-state index in [1.807, 2.05) is 13.0 Å². The average Bonchev–Trinajstić information content (AvgIpc) is 2.37. The fraction of sp³-hybridized carbons (Fsp3) is 0.647. The summed E-state index contributed by atoms with van der Waals surface area (Å²) in [5.74, 6) is 0. The van der Waals surface area contributed by atoms with Gasteiger partial charge in [0.25, 0.3) is 0 Å². The van der Waals surface area contributed by atoms with Crippen molar-refractivity contribution in [1.82, 2.24) is 0 Å². The molecule has 1 atom stereocenters. The fourth-order valence-electron chi connectivity index (χ4n) is 2.40. The standard InChI is InChI=1S/C17H26Cl2/c1-4-5-6-7-8-9-10-16(18)15-11-14(3)17(19)12-13(15)2/h11-12,16H,4-10H2,1-3H3. The third kappa shape index (κ3) is 5.75. The van der Waals surface area contributed by atoms with E-state index in [2.05, 4.69) is 19.9 Å². The van der Waals surface area contributed by atoms with E-state index in [4.69, 9.17) is 23.2 Å². The summed E-state index contributed by atoms with van der Waals surface area (Å²) >= 11 is 12.7. The minimum absolute atomic E-state index is 0.127. The van der Waals surface area contributed by atoms with Gasteiger partial charge in [-0.3, -0.25) is 0 Å². The van der Waals surface area contributed by atoms with Gasteiger partial charge in [-0.2, -0.15) is 0 Å². The summed E-state index contributed by atoms with van der Waals surface area (Å²) in [5.41, 5.74) is 3.58. The Bertz CT molecular complexity index is 385. The van der Waals surface area contributed by atoms with Crippen molar-refractivity contribution in [3.8, 4) is 0 Å². The zero-order chi connectivity index (χ0) is 14.3. The van der Waals surface area contributed by atoms with Crippen LogP contribution in [0, 0.1) is 13.8 Å². The first-order valence-electron chi connectivity index (χ1n) is 7.47. The summed E-state index contributed by atoms with van der Waals surface area (Å²) in [6.45, 7) is 6.39. The van der Waals surface area contributed by atoms with Crippen LogP contribution in [0.15, 0.2) is 12.1 Å². The SMILES string of the molecule is CCCCCCCCC(Cl)c1cc(C)c(Cl)cc1C. The fourth-order valence-corrected chi connectivity index (χ4v) is 3.01. The van der Waals surface area contributed by atoms with E-state index >= 15 is 0 Å². The second kappa shape index (κ2) is 8.87. The van der Waals surface area contributed by atoms with E-state index in [1.54, 1.807) is 0 Å². The quantitative estimate of drug-likeness (QED) is 0.358. The third-order valence-electron chi connectivity index (χ3n) is 3.70. The van der Waals surface area contributed by atoms with Crippen LogP contribution in [0.3, 0.4) is 0 Å². The minimum atomic E-state index is 0.127. The molecule has 1 aromatic carbocycles. The predicted octanol–water partition coefficient (Wildman–Crippen LogP) is 6.99. The maximum atomic E-state index is 6.53. The van der Waals surface area contributed by atoms with E-state index in [0.717, 1.165) is 17.0 Å². The Balaban J connectivity index is 2.41. The molecule has 0 aromatic heterocycles. The molecular weight excluding hydrogens is 275 g/mol. The molecule has 0 saturated carbocycles. The molecule has 1 rings (SSSR count). The minimum Gasteiger partial charge on any atom is -0.118 e. The van der Waals surface area contributed by atoms with Gasteiger partial charge in [-0.25, -0.2) is 0 Å². The molecule has 0 aliphatic heterocycles. The molecule has 1 aromatic rings. The van der Waals surface area contributed by atoms with Crippen molar-refractivity contribution in [2.75, 3.05) is 0 Å². The van der Waals surface area contributed by atoms with Crippen LogP contribution in [-0.4, -0.2) is 0 Å². The number of benzene rings is 1. The second-order valence-electron chi connectivity index (χ2n) is 5.48. The van der Waals surface area contributed by atoms with Crippen molar-refractivity contribution in [3.63, 3.8) is 0 Å². The van der Waals surface area contributed by atoms with Gasteiger partial charge in [0.1, 0.15) is 0 Å². The van der Waals surface area contributed by atoms with Gasteiger partial charge in [0.2, 0.25) is 0 Å². The Labute approximate surface area is 128 Å². The summed E-state index contributed by atoms with van der Waals surface area (Å²) in [6.07, 6.45) is 8.96. The second-order valence-corrected chi connectivity index (χ2v) is 6.42. The number of hydrogen-bond donors (Lipinski definition) is 0. The van der Waals surface area contributed by atoms with Gasteiger partial charge in [0, 0.05) is 5.02 Å². The number of hydrogen-bond acceptors (Lipinski definition) is 0. The molecule has 108 valence electrons. The highest BCUT2D eigenvalue weighted by Crippen LogP contribution is 2.32. The van der Waals surface area contributed by atoms with Crippen molar-refractivity contribution in [1.29, 1.82) is 0 Å². The van der Waals surface area contributed by atoms with E-state index in [-0.39, 0.29) is 5.38 Å². The lowest BCUT2D eigenvalue weighted by molar-refractivity contribution is 0.584.